The van der Waals surface area contributed by atoms with Crippen LogP contribution >= 0.6 is 25.7 Å². The Morgan fingerprint density at radius 2 is 0.867 bits per heavy atom. The molecular weight excluding hydrogens is 392 g/mol. The molecule has 0 unspecified atom stereocenters. The van der Waals surface area contributed by atoms with Crippen molar-refractivity contribution in [3.63, 3.8) is 0 Å². The first-order valence-corrected chi connectivity index (χ1v) is 8.01. The van der Waals surface area contributed by atoms with Crippen molar-refractivity contribution in [2.75, 3.05) is 0 Å². The molecule has 8 nitrogen and oxygen atoms in total. The van der Waals surface area contributed by atoms with Crippen molar-refractivity contribution in [2.45, 2.75) is 0 Å². The van der Waals surface area contributed by atoms with Crippen molar-refractivity contribution in [2.24, 2.45) is 5.73 Å². The summed E-state index contributed by atoms with van der Waals surface area (Å²) in [5.41, 5.74) is 4.40. The molecule has 14 heteroatoms. The fraction of sp³-hybridized carbons (Fsp3) is 0. The zero-order valence-electron chi connectivity index (χ0n) is 6.74. The summed E-state index contributed by atoms with van der Waals surface area (Å²) < 4.78 is 0. The third kappa shape index (κ3) is 1350. The number of hydrogen-bond acceptors (Lipinski definition) is 3. The number of hydrogen-bond donors (Lipinski definition) is 8. The van der Waals surface area contributed by atoms with E-state index in [9.17, 15) is 0 Å². The molecule has 0 spiro atoms. The average Bonchev–Trinajstić information content (AvgIpc) is 1.45. The fourth-order valence-corrected chi connectivity index (χ4v) is 0. The molecule has 0 rings (SSSR count). The van der Waals surface area contributed by atoms with Crippen LogP contribution in [0.2, 0.25) is 0 Å². The Labute approximate surface area is 115 Å². The van der Waals surface area contributed by atoms with Crippen molar-refractivity contribution in [1.29, 1.82) is 0 Å². The molecule has 0 saturated carbocycles. The van der Waals surface area contributed by atoms with Crippen LogP contribution in [-0.2, 0) is 44.7 Å². The Bertz CT molecular complexity index is 208. The van der Waals surface area contributed by atoms with Gasteiger partial charge in [-0.05, 0) is 35.8 Å². The Balaban J connectivity index is -0.0000000590. The Hall–Kier alpha value is 1.44. The molecule has 0 aromatic carbocycles. The van der Waals surface area contributed by atoms with Gasteiger partial charge in [0.15, 0.2) is 0 Å². The van der Waals surface area contributed by atoms with Crippen LogP contribution in [0.1, 0.15) is 0 Å². The smallest absolute Gasteiger partial charge is 0.319 e. The van der Waals surface area contributed by atoms with E-state index in [0.29, 0.717) is 0 Å². The molecule has 0 atom stereocenters. The van der Waals surface area contributed by atoms with E-state index in [1.807, 2.05) is 0 Å². The topological polar surface area (TPSA) is 168 Å². The Morgan fingerprint density at radius 3 is 0.867 bits per heavy atom. The summed E-state index contributed by atoms with van der Waals surface area (Å²) in [5.74, 6) is 0. The van der Waals surface area contributed by atoms with Gasteiger partial charge in [0.2, 0.25) is 0 Å². The van der Waals surface area contributed by atoms with Crippen molar-refractivity contribution in [1.82, 2.24) is 0 Å². The minimum atomic E-state index is -3.81. The van der Waals surface area contributed by atoms with Gasteiger partial charge < -0.3 is 40.2 Å². The van der Waals surface area contributed by atoms with Crippen LogP contribution in [0.5, 0.6) is 0 Å². The monoisotopic (exact) mass is 403 g/mol. The maximum atomic E-state index is 7.56. The van der Waals surface area contributed by atoms with Crippen molar-refractivity contribution >= 4 is 54.4 Å². The summed E-state index contributed by atoms with van der Waals surface area (Å²) in [6.45, 7) is -7.61. The molecule has 0 aromatic heterocycles. The Kier molecular flexibility index (Phi) is 20.1. The first kappa shape index (κ1) is 25.3. The maximum absolute atomic E-state index is 7.56. The second-order valence-electron chi connectivity index (χ2n) is 1.36. The zero-order valence-corrected chi connectivity index (χ0v) is 13.0. The molecule has 0 amide bonds. The normalized spacial score (nSPS) is 9.47. The van der Waals surface area contributed by atoms with Crippen molar-refractivity contribution < 1.29 is 55.5 Å². The largest absolute Gasteiger partial charge is 0.487 e. The van der Waals surface area contributed by atoms with Gasteiger partial charge in [-0.25, -0.2) is 0 Å². The second kappa shape index (κ2) is 11.9. The van der Waals surface area contributed by atoms with Gasteiger partial charge in [0, 0.05) is 21.1 Å². The van der Waals surface area contributed by atoms with Crippen LogP contribution in [0.15, 0.2) is 0 Å². The third-order valence-electron chi connectivity index (χ3n) is 0. The molecule has 0 radical (unpaired) electrons. The van der Waals surface area contributed by atoms with Crippen molar-refractivity contribution in [3.8, 4) is 0 Å². The van der Waals surface area contributed by atoms with Gasteiger partial charge in [0.25, 0.3) is 5.17 Å². The van der Waals surface area contributed by atoms with E-state index in [2.05, 4.69) is 41.6 Å². The summed E-state index contributed by atoms with van der Waals surface area (Å²) in [5, 5.41) is 7.06. The molecule has 0 saturated heterocycles. The van der Waals surface area contributed by atoms with Gasteiger partial charge in [-0.2, -0.15) is 0 Å². The van der Waals surface area contributed by atoms with E-state index in [1.54, 1.807) is 0 Å². The minimum absolute atomic E-state index is 0. The van der Waals surface area contributed by atoms with E-state index < -0.39 is 18.6 Å². The number of rotatable bonds is 0. The summed E-state index contributed by atoms with van der Waals surface area (Å²) >= 11 is 11.1. The summed E-state index contributed by atoms with van der Waals surface area (Å²) in [6.07, 6.45) is 0. The minimum Gasteiger partial charge on any atom is -0.487 e. The van der Waals surface area contributed by atoms with Gasteiger partial charge in [-0.3, -0.25) is 0 Å². The first-order chi connectivity index (χ1) is 5.73. The van der Waals surface area contributed by atoms with E-state index in [-0.39, 0.29) is 21.1 Å². The quantitative estimate of drug-likeness (QED) is 0.131. The van der Waals surface area contributed by atoms with E-state index >= 15 is 0 Å². The van der Waals surface area contributed by atoms with Gasteiger partial charge in [0.05, 0.1) is 0 Å². The molecule has 15 heavy (non-hydrogen) atoms. The maximum Gasteiger partial charge on any atom is 0.319 e. The van der Waals surface area contributed by atoms with Gasteiger partial charge in [-0.1, -0.05) is 0 Å². The molecule has 94 valence electrons. The molecule has 0 aliphatic carbocycles. The van der Waals surface area contributed by atoms with Crippen LogP contribution < -0.4 is 5.73 Å². The summed E-state index contributed by atoms with van der Waals surface area (Å²) in [6, 6.07) is 0. The molecule has 9 N–H and O–H groups in total. The van der Waals surface area contributed by atoms with Gasteiger partial charge >= 0.3 is 13.4 Å². The van der Waals surface area contributed by atoms with E-state index in [0.717, 1.165) is 0 Å². The van der Waals surface area contributed by atoms with Crippen molar-refractivity contribution in [3.05, 3.63) is 0 Å². The zero-order chi connectivity index (χ0) is 12.6. The summed E-state index contributed by atoms with van der Waals surface area (Å²) in [4.78, 5) is 45.3. The SMILES string of the molecule is NC(O)=S.OP(O)(O)=S.OP(O)(O)=S.[Mo]. The fourth-order valence-electron chi connectivity index (χ4n) is 0. The molecular formula is CH9MoNO7P2S3. The molecule has 0 aromatic rings. The van der Waals surface area contributed by atoms with Gasteiger partial charge in [0.1, 0.15) is 0 Å². The van der Waals surface area contributed by atoms with Crippen LogP contribution in [0.25, 0.3) is 0 Å². The van der Waals surface area contributed by atoms with Gasteiger partial charge in [-0.15, -0.1) is 0 Å². The van der Waals surface area contributed by atoms with Crippen LogP contribution in [0.4, 0.5) is 0 Å². The van der Waals surface area contributed by atoms with E-state index in [1.165, 1.54) is 0 Å². The molecule has 0 aliphatic heterocycles. The predicted octanol–water partition coefficient (Wildman–Crippen LogP) is -1.84. The molecule has 0 bridgehead atoms. The molecule has 0 heterocycles. The van der Waals surface area contributed by atoms with E-state index in [4.69, 9.17) is 34.5 Å². The Morgan fingerprint density at radius 1 is 0.867 bits per heavy atom. The number of thiocarbonyl (C=S) groups is 1. The third-order valence-corrected chi connectivity index (χ3v) is 0. The first-order valence-electron chi connectivity index (χ1n) is 2.28. The van der Waals surface area contributed by atoms with Crippen LogP contribution in [0, 0.1) is 0 Å². The number of nitrogens with two attached hydrogens (primary N) is 1. The van der Waals surface area contributed by atoms with Crippen LogP contribution in [0.3, 0.4) is 0 Å². The number of aliphatic hydroxyl groups excluding tert-OH is 1. The average molecular weight is 401 g/mol. The summed E-state index contributed by atoms with van der Waals surface area (Å²) in [7, 11) is 0. The second-order valence-corrected chi connectivity index (χ2v) is 6.78. The van der Waals surface area contributed by atoms with Crippen LogP contribution in [-0.4, -0.2) is 39.6 Å². The predicted molar refractivity (Wildman–Crippen MR) is 61.3 cm³/mol. The molecule has 0 fully saturated rings. The standard InChI is InChI=1S/CH3NOS.Mo.2H3O3PS/c2-1(3)4;;2*1-4(2,3)5/h(H3,2,3,4);;2*(H3,1,2,3,5). The number of aliphatic hydroxyl groups is 1. The molecule has 0 aliphatic rings.